The van der Waals surface area contributed by atoms with Crippen LogP contribution in [-0.2, 0) is 22.9 Å². The first-order valence-corrected chi connectivity index (χ1v) is 12.4. The van der Waals surface area contributed by atoms with E-state index in [-0.39, 0.29) is 4.90 Å². The fraction of sp³-hybridized carbons (Fsp3) is 0.192. The predicted octanol–water partition coefficient (Wildman–Crippen LogP) is 4.84. The molecule has 1 aliphatic rings. The van der Waals surface area contributed by atoms with Crippen LogP contribution in [0.15, 0.2) is 90.0 Å². The monoisotopic (exact) mass is 443 g/mol. The van der Waals surface area contributed by atoms with Gasteiger partial charge in [0.1, 0.15) is 4.90 Å². The number of benzene rings is 3. The van der Waals surface area contributed by atoms with Gasteiger partial charge < -0.3 is 4.90 Å². The van der Waals surface area contributed by atoms with Gasteiger partial charge in [0.15, 0.2) is 0 Å². The number of sulfonamides is 1. The molecule has 0 saturated carbocycles. The van der Waals surface area contributed by atoms with Crippen LogP contribution in [0.3, 0.4) is 0 Å². The minimum Gasteiger partial charge on any atom is -0.341 e. The van der Waals surface area contributed by atoms with E-state index in [2.05, 4.69) is 63.1 Å². The highest BCUT2D eigenvalue weighted by Crippen LogP contribution is 2.35. The average Bonchev–Trinajstić information content (AvgIpc) is 2.98. The number of nitrogens with zero attached hydrogens (tertiary/aromatic N) is 2. The van der Waals surface area contributed by atoms with Gasteiger partial charge in [-0.05, 0) is 54.7 Å². The van der Waals surface area contributed by atoms with Crippen LogP contribution in [0.2, 0.25) is 0 Å². The molecule has 2 heterocycles. The average molecular weight is 444 g/mol. The standard InChI is InChI=1S/C26H25N3O2S/c30-32(31,25-14-5-10-22-11-6-17-27-26(22)25)28-18-7-19-29-23-12-3-1-8-20(23)15-16-21-9-2-4-13-24(21)29/h1-6,8-14,17,28H,7,15-16,18-19H2. The zero-order chi connectivity index (χ0) is 22.0. The second kappa shape index (κ2) is 8.73. The maximum atomic E-state index is 13.0. The number of para-hydroxylation sites is 3. The van der Waals surface area contributed by atoms with Crippen LogP contribution >= 0.6 is 0 Å². The fourth-order valence-electron chi connectivity index (χ4n) is 4.43. The molecule has 0 aliphatic carbocycles. The molecule has 1 N–H and O–H groups in total. The number of hydrogen-bond acceptors (Lipinski definition) is 4. The quantitative estimate of drug-likeness (QED) is 0.433. The first-order valence-electron chi connectivity index (χ1n) is 10.9. The Hall–Kier alpha value is -3.22. The SMILES string of the molecule is O=S(=O)(NCCCN1c2ccccc2CCc2ccccc21)c1cccc2cccnc12. The summed E-state index contributed by atoms with van der Waals surface area (Å²) in [6.45, 7) is 1.08. The molecule has 0 spiro atoms. The number of anilines is 2. The van der Waals surface area contributed by atoms with E-state index in [1.54, 1.807) is 18.3 Å². The van der Waals surface area contributed by atoms with Crippen molar-refractivity contribution in [2.75, 3.05) is 18.0 Å². The van der Waals surface area contributed by atoms with Crippen molar-refractivity contribution >= 4 is 32.3 Å². The summed E-state index contributed by atoms with van der Waals surface area (Å²) in [6, 6.07) is 25.9. The Morgan fingerprint density at radius 1 is 0.812 bits per heavy atom. The van der Waals surface area contributed by atoms with E-state index < -0.39 is 10.0 Å². The van der Waals surface area contributed by atoms with Gasteiger partial charge in [0.05, 0.1) is 5.52 Å². The maximum Gasteiger partial charge on any atom is 0.242 e. The summed E-state index contributed by atoms with van der Waals surface area (Å²) in [6.07, 6.45) is 4.31. The van der Waals surface area contributed by atoms with Gasteiger partial charge in [-0.25, -0.2) is 13.1 Å². The van der Waals surface area contributed by atoms with Crippen molar-refractivity contribution < 1.29 is 8.42 Å². The molecule has 1 aliphatic heterocycles. The molecule has 0 bridgehead atoms. The Kier molecular flexibility index (Phi) is 5.64. The Labute approximate surface area is 188 Å². The lowest BCUT2D eigenvalue weighted by molar-refractivity contribution is 0.580. The topological polar surface area (TPSA) is 62.3 Å². The lowest BCUT2D eigenvalue weighted by atomic mass is 10.0. The normalized spacial score (nSPS) is 13.4. The summed E-state index contributed by atoms with van der Waals surface area (Å²) in [5.41, 5.74) is 5.56. The lowest BCUT2D eigenvalue weighted by Crippen LogP contribution is -2.28. The number of pyridine rings is 1. The third-order valence-electron chi connectivity index (χ3n) is 5.96. The zero-order valence-electron chi connectivity index (χ0n) is 17.7. The molecule has 162 valence electrons. The number of rotatable bonds is 6. The molecule has 0 unspecified atom stereocenters. The molecule has 4 aromatic rings. The van der Waals surface area contributed by atoms with Crippen LogP contribution in [0, 0.1) is 0 Å². The molecular formula is C26H25N3O2S. The Balaban J connectivity index is 1.34. The van der Waals surface area contributed by atoms with Crippen LogP contribution in [-0.4, -0.2) is 26.5 Å². The van der Waals surface area contributed by atoms with Crippen molar-refractivity contribution in [2.24, 2.45) is 0 Å². The van der Waals surface area contributed by atoms with Crippen LogP contribution in [0.5, 0.6) is 0 Å². The second-order valence-corrected chi connectivity index (χ2v) is 9.73. The second-order valence-electron chi connectivity index (χ2n) is 7.99. The zero-order valence-corrected chi connectivity index (χ0v) is 18.6. The molecule has 32 heavy (non-hydrogen) atoms. The van der Waals surface area contributed by atoms with Gasteiger partial charge >= 0.3 is 0 Å². The number of hydrogen-bond donors (Lipinski definition) is 1. The van der Waals surface area contributed by atoms with Crippen molar-refractivity contribution in [3.05, 3.63) is 96.2 Å². The first-order chi connectivity index (χ1) is 15.6. The highest BCUT2D eigenvalue weighted by molar-refractivity contribution is 7.89. The largest absolute Gasteiger partial charge is 0.341 e. The predicted molar refractivity (Wildman–Crippen MR) is 129 cm³/mol. The summed E-state index contributed by atoms with van der Waals surface area (Å²) in [7, 11) is -3.65. The van der Waals surface area contributed by atoms with Gasteiger partial charge in [-0.3, -0.25) is 4.98 Å². The maximum absolute atomic E-state index is 13.0. The summed E-state index contributed by atoms with van der Waals surface area (Å²) >= 11 is 0. The van der Waals surface area contributed by atoms with Gasteiger partial charge in [-0.1, -0.05) is 54.6 Å². The van der Waals surface area contributed by atoms with Gasteiger partial charge in [-0.15, -0.1) is 0 Å². The third kappa shape index (κ3) is 3.99. The molecule has 5 nitrogen and oxygen atoms in total. The number of nitrogens with one attached hydrogen (secondary N) is 1. The molecule has 5 rings (SSSR count). The molecule has 0 radical (unpaired) electrons. The van der Waals surface area contributed by atoms with Crippen molar-refractivity contribution in [1.29, 1.82) is 0 Å². The van der Waals surface area contributed by atoms with E-state index in [9.17, 15) is 8.42 Å². The van der Waals surface area contributed by atoms with Crippen molar-refractivity contribution in [2.45, 2.75) is 24.2 Å². The number of fused-ring (bicyclic) bond motifs is 3. The van der Waals surface area contributed by atoms with E-state index in [4.69, 9.17) is 0 Å². The molecule has 0 atom stereocenters. The molecule has 0 fully saturated rings. The smallest absolute Gasteiger partial charge is 0.242 e. The minimum atomic E-state index is -3.65. The van der Waals surface area contributed by atoms with Gasteiger partial charge in [0.25, 0.3) is 0 Å². The number of aryl methyl sites for hydroxylation is 2. The van der Waals surface area contributed by atoms with Crippen LogP contribution in [0.1, 0.15) is 17.5 Å². The third-order valence-corrected chi connectivity index (χ3v) is 7.46. The summed E-state index contributed by atoms with van der Waals surface area (Å²) in [5.74, 6) is 0. The van der Waals surface area contributed by atoms with Gasteiger partial charge in [-0.2, -0.15) is 0 Å². The lowest BCUT2D eigenvalue weighted by Gasteiger charge is -2.27. The molecule has 6 heteroatoms. The first kappa shape index (κ1) is 20.7. The van der Waals surface area contributed by atoms with Gasteiger partial charge in [0, 0.05) is 36.0 Å². The molecule has 1 aromatic heterocycles. The highest BCUT2D eigenvalue weighted by atomic mass is 32.2. The minimum absolute atomic E-state index is 0.223. The van der Waals surface area contributed by atoms with Crippen LogP contribution < -0.4 is 9.62 Å². The summed E-state index contributed by atoms with van der Waals surface area (Å²) < 4.78 is 28.7. The van der Waals surface area contributed by atoms with Crippen molar-refractivity contribution in [1.82, 2.24) is 9.71 Å². The van der Waals surface area contributed by atoms with Gasteiger partial charge in [0.2, 0.25) is 10.0 Å². The highest BCUT2D eigenvalue weighted by Gasteiger charge is 2.21. The van der Waals surface area contributed by atoms with Crippen molar-refractivity contribution in [3.63, 3.8) is 0 Å². The van der Waals surface area contributed by atoms with E-state index in [1.807, 2.05) is 18.2 Å². The summed E-state index contributed by atoms with van der Waals surface area (Å²) in [4.78, 5) is 6.83. The Bertz CT molecular complexity index is 1320. The molecular weight excluding hydrogens is 418 g/mol. The van der Waals surface area contributed by atoms with E-state index in [0.717, 1.165) is 24.8 Å². The Morgan fingerprint density at radius 2 is 1.47 bits per heavy atom. The van der Waals surface area contributed by atoms with E-state index in [1.165, 1.54) is 22.5 Å². The van der Waals surface area contributed by atoms with Crippen LogP contribution in [0.25, 0.3) is 10.9 Å². The molecule has 0 amide bonds. The van der Waals surface area contributed by atoms with Crippen molar-refractivity contribution in [3.8, 4) is 0 Å². The Morgan fingerprint density at radius 3 is 2.19 bits per heavy atom. The number of aromatic nitrogens is 1. The van der Waals surface area contributed by atoms with E-state index in [0.29, 0.717) is 18.5 Å². The summed E-state index contributed by atoms with van der Waals surface area (Å²) in [5, 5.41) is 0.813. The van der Waals surface area contributed by atoms with Crippen LogP contribution in [0.4, 0.5) is 11.4 Å². The molecule has 3 aromatic carbocycles. The molecule has 0 saturated heterocycles. The fourth-order valence-corrected chi connectivity index (χ4v) is 5.68. The van der Waals surface area contributed by atoms with E-state index >= 15 is 0 Å².